The molecule has 44 heteroatoms. The summed E-state index contributed by atoms with van der Waals surface area (Å²) >= 11 is 20.1. The number of aromatic nitrogens is 9. The van der Waals surface area contributed by atoms with Gasteiger partial charge in [-0.05, 0) is 101 Å². The molecule has 10 heterocycles. The molecule has 0 saturated carbocycles. The molecule has 10 aromatic rings. The predicted molar refractivity (Wildman–Crippen MR) is 446 cm³/mol. The number of hydrogen-bond donors (Lipinski definition) is 0. The van der Waals surface area contributed by atoms with Gasteiger partial charge >= 0.3 is 35.6 Å². The van der Waals surface area contributed by atoms with Gasteiger partial charge in [0.15, 0.2) is 17.2 Å². The summed E-state index contributed by atoms with van der Waals surface area (Å²) in [6.45, 7) is 12.2. The van der Waals surface area contributed by atoms with Crippen LogP contribution in [-0.2, 0) is 20.9 Å². The minimum atomic E-state index is -4.99. The van der Waals surface area contributed by atoms with Crippen molar-refractivity contribution in [1.29, 1.82) is 0 Å². The number of hydrogen-bond acceptors (Lipinski definition) is 19. The molecule has 4 aromatic heterocycles. The van der Waals surface area contributed by atoms with Crippen LogP contribution >= 0.6 is 34.8 Å². The second-order valence-electron chi connectivity index (χ2n) is 31.3. The van der Waals surface area contributed by atoms with E-state index in [9.17, 15) is 85.8 Å². The average molecular weight is 1860 g/mol. The third kappa shape index (κ3) is 19.0. The molecule has 0 bridgehead atoms. The van der Waals surface area contributed by atoms with Crippen LogP contribution in [0.3, 0.4) is 0 Å². The predicted octanol–water partition coefficient (Wildman–Crippen LogP) is 13.7. The third-order valence-corrected chi connectivity index (χ3v) is 23.4. The molecule has 0 N–H and O–H groups in total. The lowest BCUT2D eigenvalue weighted by molar-refractivity contribution is -0.181. The number of carbonyl (C=O) groups is 3. The van der Waals surface area contributed by atoms with Gasteiger partial charge in [-0.25, -0.2) is 40.7 Å². The van der Waals surface area contributed by atoms with Crippen molar-refractivity contribution in [1.82, 2.24) is 68.1 Å². The van der Waals surface area contributed by atoms with Crippen molar-refractivity contribution in [3.05, 3.63) is 205 Å². The zero-order chi connectivity index (χ0) is 92.4. The number of carbonyl (C=O) groups excluding carboxylic acids is 3. The highest BCUT2D eigenvalue weighted by Gasteiger charge is 2.44. The largest absolute Gasteiger partial charge is 0.488 e. The first-order valence-corrected chi connectivity index (χ1v) is 40.8. The highest BCUT2D eigenvalue weighted by molar-refractivity contribution is 6.36. The van der Waals surface area contributed by atoms with Crippen molar-refractivity contribution >= 4 is 103 Å². The van der Waals surface area contributed by atoms with Gasteiger partial charge in [-0.15, -0.1) is 5.10 Å². The van der Waals surface area contributed by atoms with E-state index in [1.807, 2.05) is 23.6 Å². The number of rotatable bonds is 18. The maximum Gasteiger partial charge on any atom is 0.401 e. The Morgan fingerprint density at radius 3 is 1.09 bits per heavy atom. The summed E-state index contributed by atoms with van der Waals surface area (Å²) < 4.78 is 229. The van der Waals surface area contributed by atoms with Crippen LogP contribution in [0.25, 0.3) is 66.1 Å². The van der Waals surface area contributed by atoms with Gasteiger partial charge in [0.25, 0.3) is 0 Å². The number of anilines is 3. The number of nitrogens with zero attached hydrogens (tertiary/aromatic N) is 17. The number of benzene rings is 6. The molecule has 0 spiro atoms. The van der Waals surface area contributed by atoms with Crippen molar-refractivity contribution in [3.63, 3.8) is 0 Å². The summed E-state index contributed by atoms with van der Waals surface area (Å²) in [5.74, 6) is -5.17. The Morgan fingerprint density at radius 2 is 0.789 bits per heavy atom. The van der Waals surface area contributed by atoms with Gasteiger partial charge < -0.3 is 43.6 Å². The topological polar surface area (TPSA) is 240 Å². The number of amides is 3. The highest BCUT2D eigenvalue weighted by atomic mass is 35.5. The maximum absolute atomic E-state index is 15.0. The van der Waals surface area contributed by atoms with E-state index < -0.39 is 127 Å². The molecule has 3 saturated heterocycles. The first kappa shape index (κ1) is 92.2. The minimum Gasteiger partial charge on any atom is -0.488 e. The fraction of sp³-hybridized carbons (Fsp3) is 0.369. The van der Waals surface area contributed by atoms with Crippen LogP contribution in [0.4, 0.5) is 83.3 Å². The summed E-state index contributed by atoms with van der Waals surface area (Å²) in [5.41, 5.74) is -1.87. The molecule has 6 aromatic carbocycles. The molecule has 6 aliphatic rings. The van der Waals surface area contributed by atoms with E-state index in [2.05, 4.69) is 45.0 Å². The molecular weight excluding hydrogens is 1780 g/mol. The Balaban J connectivity index is 0.000000156. The van der Waals surface area contributed by atoms with Gasteiger partial charge in [0, 0.05) is 164 Å². The average Bonchev–Trinajstić information content (AvgIpc) is 0.822. The zero-order valence-electron chi connectivity index (χ0n) is 68.2. The van der Waals surface area contributed by atoms with Gasteiger partial charge in [-0.2, -0.15) is 54.5 Å². The maximum atomic E-state index is 15.0. The SMILES string of the molecule is C=CC(=O)N1CCN(c2nc(=O)n3c4c(c(-c5ccc(F)cc5F)c(Cl)cc24)OCC3CN(C)CC(F)(F)F)[C@@H](C)C1.C=CC(=O)N1CCN(c2nc(=O)n3c4c(c(-c5ccc(F)cc5F)c(Cl)cc24)OCC3CN(CC(F)(F)F)CC(F)(F)F)[C@@H](C)C1.C=CC(=O)N1CCN(c2nc(=O)n3c4c(c(-c5ccc(F)cc5F)c(Cl)cc24)OCC3Cn2ccnn2)[C@@H](C)C1. The van der Waals surface area contributed by atoms with Crippen LogP contribution in [0.5, 0.6) is 17.2 Å². The zero-order valence-corrected chi connectivity index (χ0v) is 70.5. The summed E-state index contributed by atoms with van der Waals surface area (Å²) in [6.07, 6.45) is -7.59. The van der Waals surface area contributed by atoms with E-state index in [0.29, 0.717) is 73.5 Å². The van der Waals surface area contributed by atoms with Crippen molar-refractivity contribution in [2.75, 3.05) is 133 Å². The molecule has 26 nitrogen and oxygen atoms in total. The van der Waals surface area contributed by atoms with E-state index in [-0.39, 0.29) is 174 Å². The molecule has 6 atom stereocenters. The van der Waals surface area contributed by atoms with E-state index in [0.717, 1.165) is 45.9 Å². The minimum absolute atomic E-state index is 0.0339. The van der Waals surface area contributed by atoms with Gasteiger partial charge in [-0.1, -0.05) is 59.8 Å². The van der Waals surface area contributed by atoms with Gasteiger partial charge in [0.1, 0.15) is 72.2 Å². The Morgan fingerprint density at radius 1 is 0.469 bits per heavy atom. The van der Waals surface area contributed by atoms with Crippen molar-refractivity contribution in [3.8, 4) is 50.6 Å². The third-order valence-electron chi connectivity index (χ3n) is 22.5. The summed E-state index contributed by atoms with van der Waals surface area (Å²) in [5, 5.41) is 8.97. The van der Waals surface area contributed by atoms with Gasteiger partial charge in [0.05, 0.1) is 82.1 Å². The van der Waals surface area contributed by atoms with Gasteiger partial charge in [-0.3, -0.25) is 42.6 Å². The molecule has 128 heavy (non-hydrogen) atoms. The van der Waals surface area contributed by atoms with E-state index in [1.54, 1.807) is 38.6 Å². The molecule has 0 aliphatic carbocycles. The monoisotopic (exact) mass is 1860 g/mol. The molecule has 678 valence electrons. The molecular formula is C84H77Cl3F15N17O9. The lowest BCUT2D eigenvalue weighted by Crippen LogP contribution is -2.54. The molecule has 3 amide bonds. The second kappa shape index (κ2) is 36.7. The van der Waals surface area contributed by atoms with Crippen molar-refractivity contribution < 1.29 is 94.5 Å². The van der Waals surface area contributed by atoms with Gasteiger partial charge in [0.2, 0.25) is 17.7 Å². The Bertz CT molecular complexity index is 6250. The van der Waals surface area contributed by atoms with Crippen LogP contribution in [0.1, 0.15) is 38.9 Å². The summed E-state index contributed by atoms with van der Waals surface area (Å²) in [6, 6.07) is 9.59. The molecule has 16 rings (SSSR count). The molecule has 0 radical (unpaired) electrons. The first-order chi connectivity index (χ1) is 60.5. The lowest BCUT2D eigenvalue weighted by atomic mass is 9.99. The highest BCUT2D eigenvalue weighted by Crippen LogP contribution is 2.52. The smallest absolute Gasteiger partial charge is 0.401 e. The summed E-state index contributed by atoms with van der Waals surface area (Å²) in [4.78, 5) is 102. The number of likely N-dealkylation sites (N-methyl/N-ethyl adjacent to an activating group) is 1. The number of halogens is 18. The standard InChI is InChI=1S/C29H26ClF8N5O3.C28H27ClF5N5O3.C27H24ClF2N7O3/c1-3-22(44)41-6-7-42(15(2)10-41)26-19-9-20(30)23(18-5-4-16(31)8-21(18)32)25-24(19)43(27(45)39-26)17(12-46-25)11-40(13-28(33,34)35)14-29(36,37)38;1-4-22(40)37-7-8-38(15(2)11-37)26-19-10-20(29)23(18-6-5-16(30)9-21(18)31)25-24(19)39(27(41)35-26)17(13-42-25)12-36(3)14-28(32,33)34;1-3-22(38)34-8-9-36(15(2)12-34)26-19-11-20(28)23(18-5-4-16(29)10-21(18)30)25-24(19)37(27(39)32-26)17(14-40-25)13-35-7-6-31-33-35/h3-5,8-9,15,17H,1,6-7,10-14H2,2H3;4-6,9-10,15,17H,1,7-8,11-14H2,2-3H3;3-7,10-11,15,17H,1,8-9,12-14H2,2H3/t3*15-,17?/m000/s1. The first-order valence-electron chi connectivity index (χ1n) is 39.6. The molecule has 3 unspecified atom stereocenters. The summed E-state index contributed by atoms with van der Waals surface area (Å²) in [7, 11) is 1.28. The quantitative estimate of drug-likeness (QED) is 0.0573. The fourth-order valence-corrected chi connectivity index (χ4v) is 18.0. The lowest BCUT2D eigenvalue weighted by Gasteiger charge is -2.41. The van der Waals surface area contributed by atoms with E-state index in [1.165, 1.54) is 63.7 Å². The van der Waals surface area contributed by atoms with E-state index in [4.69, 9.17) is 49.0 Å². The van der Waals surface area contributed by atoms with Crippen molar-refractivity contribution in [2.45, 2.75) is 82.1 Å². The Labute approximate surface area is 732 Å². The van der Waals surface area contributed by atoms with Crippen LogP contribution in [-0.4, -0.2) is 241 Å². The molecule has 3 fully saturated rings. The Kier molecular flexibility index (Phi) is 26.4. The number of ether oxygens (including phenoxy) is 3. The van der Waals surface area contributed by atoms with Crippen LogP contribution in [0.2, 0.25) is 15.1 Å². The number of alkyl halides is 9. The second-order valence-corrected chi connectivity index (χ2v) is 32.6. The Hall–Kier alpha value is -12.0. The van der Waals surface area contributed by atoms with Crippen molar-refractivity contribution in [2.24, 2.45) is 0 Å². The van der Waals surface area contributed by atoms with Crippen LogP contribution in [0, 0.1) is 34.9 Å². The van der Waals surface area contributed by atoms with Crippen LogP contribution in [0.15, 0.2) is 138 Å². The molecule has 6 aliphatic heterocycles. The van der Waals surface area contributed by atoms with Crippen LogP contribution < -0.4 is 46.0 Å². The number of piperazine rings is 3. The normalized spacial score (nSPS) is 18.7. The van der Waals surface area contributed by atoms with E-state index >= 15 is 8.78 Å². The fourth-order valence-electron chi connectivity index (χ4n) is 17.1.